The minimum atomic E-state index is 0. The second-order valence-electron chi connectivity index (χ2n) is 5.37. The highest BCUT2D eigenvalue weighted by Gasteiger charge is 2.26. The second kappa shape index (κ2) is 8.73. The molecule has 0 spiro atoms. The molecule has 0 aromatic carbocycles. The Morgan fingerprint density at radius 2 is 2.22 bits per heavy atom. The van der Waals surface area contributed by atoms with Gasteiger partial charge in [-0.3, -0.25) is 9.69 Å². The van der Waals surface area contributed by atoms with Crippen molar-refractivity contribution in [2.45, 2.75) is 52.1 Å². The van der Waals surface area contributed by atoms with Crippen LogP contribution in [-0.4, -0.2) is 42.5 Å². The molecule has 1 saturated heterocycles. The number of piperidine rings is 1. The van der Waals surface area contributed by atoms with Gasteiger partial charge in [0.25, 0.3) is 0 Å². The maximum Gasteiger partial charge on any atom is 0.234 e. The van der Waals surface area contributed by atoms with Crippen LogP contribution in [-0.2, 0) is 4.79 Å². The zero-order valence-electron chi connectivity index (χ0n) is 11.8. The number of likely N-dealkylation sites (tertiary alicyclic amines) is 1. The van der Waals surface area contributed by atoms with Gasteiger partial charge in [-0.2, -0.15) is 0 Å². The van der Waals surface area contributed by atoms with Crippen molar-refractivity contribution >= 4 is 18.3 Å². The maximum absolute atomic E-state index is 11.8. The third kappa shape index (κ3) is 5.55. The first-order chi connectivity index (χ1) is 8.06. The molecule has 3 atom stereocenters. The smallest absolute Gasteiger partial charge is 0.234 e. The highest BCUT2D eigenvalue weighted by molar-refractivity contribution is 5.85. The first-order valence-corrected chi connectivity index (χ1v) is 6.80. The van der Waals surface area contributed by atoms with E-state index in [9.17, 15) is 4.79 Å². The van der Waals surface area contributed by atoms with Crippen molar-refractivity contribution in [3.8, 4) is 0 Å². The number of carbonyl (C=O) groups excluding carboxylic acids is 1. The van der Waals surface area contributed by atoms with Crippen molar-refractivity contribution in [2.24, 2.45) is 11.7 Å². The van der Waals surface area contributed by atoms with Crippen LogP contribution >= 0.6 is 12.4 Å². The third-order valence-electron chi connectivity index (χ3n) is 3.74. The molecule has 0 aromatic heterocycles. The monoisotopic (exact) mass is 277 g/mol. The number of carbonyl (C=O) groups is 1. The molecule has 4 nitrogen and oxygen atoms in total. The van der Waals surface area contributed by atoms with Crippen LogP contribution in [0.5, 0.6) is 0 Å². The lowest BCUT2D eigenvalue weighted by Gasteiger charge is -2.37. The molecule has 108 valence electrons. The Labute approximate surface area is 117 Å². The van der Waals surface area contributed by atoms with Crippen LogP contribution < -0.4 is 11.1 Å². The molecule has 18 heavy (non-hydrogen) atoms. The van der Waals surface area contributed by atoms with Gasteiger partial charge in [0, 0.05) is 18.6 Å². The summed E-state index contributed by atoms with van der Waals surface area (Å²) in [5.41, 5.74) is 5.79. The zero-order valence-corrected chi connectivity index (χ0v) is 12.6. The van der Waals surface area contributed by atoms with E-state index in [4.69, 9.17) is 5.73 Å². The maximum atomic E-state index is 11.8. The summed E-state index contributed by atoms with van der Waals surface area (Å²) in [4.78, 5) is 14.1. The minimum absolute atomic E-state index is 0. The summed E-state index contributed by atoms with van der Waals surface area (Å²) >= 11 is 0. The van der Waals surface area contributed by atoms with Crippen molar-refractivity contribution in [1.29, 1.82) is 0 Å². The lowest BCUT2D eigenvalue weighted by atomic mass is 9.92. The largest absolute Gasteiger partial charge is 0.353 e. The molecular weight excluding hydrogens is 250 g/mol. The number of hydrogen-bond donors (Lipinski definition) is 2. The average molecular weight is 278 g/mol. The molecule has 3 N–H and O–H groups in total. The lowest BCUT2D eigenvalue weighted by molar-refractivity contribution is -0.123. The van der Waals surface area contributed by atoms with E-state index < -0.39 is 0 Å². The predicted octanol–water partition coefficient (Wildman–Crippen LogP) is 1.38. The molecule has 1 rings (SSSR count). The number of nitrogens with two attached hydrogens (primary N) is 1. The van der Waals surface area contributed by atoms with Gasteiger partial charge in [0.05, 0.1) is 6.54 Å². The molecule has 0 bridgehead atoms. The standard InChI is InChI=1S/C13H27N3O.ClH/c1-4-11(3)15-13(17)9-16-6-5-10(2)7-12(16)8-14;/h10-12H,4-9,14H2,1-3H3,(H,15,17);1H. The van der Waals surface area contributed by atoms with Gasteiger partial charge in [0.2, 0.25) is 5.91 Å². The number of hydrogen-bond acceptors (Lipinski definition) is 3. The second-order valence-corrected chi connectivity index (χ2v) is 5.37. The molecule has 0 aromatic rings. The summed E-state index contributed by atoms with van der Waals surface area (Å²) in [6, 6.07) is 0.643. The topological polar surface area (TPSA) is 58.4 Å². The Hall–Kier alpha value is -0.320. The van der Waals surface area contributed by atoms with Crippen molar-refractivity contribution in [1.82, 2.24) is 10.2 Å². The third-order valence-corrected chi connectivity index (χ3v) is 3.74. The van der Waals surface area contributed by atoms with E-state index in [-0.39, 0.29) is 24.4 Å². The van der Waals surface area contributed by atoms with E-state index in [2.05, 4.69) is 24.1 Å². The van der Waals surface area contributed by atoms with E-state index in [1.807, 2.05) is 6.92 Å². The Bertz CT molecular complexity index is 250. The minimum Gasteiger partial charge on any atom is -0.353 e. The summed E-state index contributed by atoms with van der Waals surface area (Å²) in [6.45, 7) is 8.53. The molecule has 1 aliphatic rings. The number of amides is 1. The quantitative estimate of drug-likeness (QED) is 0.798. The molecule has 1 fully saturated rings. The summed E-state index contributed by atoms with van der Waals surface area (Å²) in [7, 11) is 0. The van der Waals surface area contributed by atoms with E-state index in [0.29, 0.717) is 19.1 Å². The fourth-order valence-electron chi connectivity index (χ4n) is 2.36. The molecule has 0 saturated carbocycles. The highest BCUT2D eigenvalue weighted by atomic mass is 35.5. The Kier molecular flexibility index (Phi) is 8.57. The summed E-state index contributed by atoms with van der Waals surface area (Å²) < 4.78 is 0. The summed E-state index contributed by atoms with van der Waals surface area (Å²) in [6.07, 6.45) is 3.27. The molecule has 1 heterocycles. The molecule has 5 heteroatoms. The van der Waals surface area contributed by atoms with E-state index in [1.165, 1.54) is 6.42 Å². The van der Waals surface area contributed by atoms with Crippen molar-refractivity contribution in [3.63, 3.8) is 0 Å². The molecule has 3 unspecified atom stereocenters. The predicted molar refractivity (Wildman–Crippen MR) is 78.0 cm³/mol. The number of nitrogens with one attached hydrogen (secondary N) is 1. The molecular formula is C13H28ClN3O. The number of rotatable bonds is 5. The lowest BCUT2D eigenvalue weighted by Crippen LogP contribution is -2.50. The summed E-state index contributed by atoms with van der Waals surface area (Å²) in [5.74, 6) is 0.866. The first-order valence-electron chi connectivity index (χ1n) is 6.80. The van der Waals surface area contributed by atoms with Gasteiger partial charge in [0.1, 0.15) is 0 Å². The van der Waals surface area contributed by atoms with Crippen LogP contribution in [0.2, 0.25) is 0 Å². The first kappa shape index (κ1) is 17.7. The Morgan fingerprint density at radius 3 is 2.78 bits per heavy atom. The van der Waals surface area contributed by atoms with Crippen LogP contribution in [0.3, 0.4) is 0 Å². The van der Waals surface area contributed by atoms with E-state index >= 15 is 0 Å². The van der Waals surface area contributed by atoms with E-state index in [0.717, 1.165) is 25.3 Å². The molecule has 1 aliphatic heterocycles. The SMILES string of the molecule is CCC(C)NC(=O)CN1CCC(C)CC1CN.Cl. The van der Waals surface area contributed by atoms with Gasteiger partial charge in [-0.1, -0.05) is 13.8 Å². The van der Waals surface area contributed by atoms with E-state index in [1.54, 1.807) is 0 Å². The van der Waals surface area contributed by atoms with Crippen molar-refractivity contribution in [2.75, 3.05) is 19.6 Å². The van der Waals surface area contributed by atoms with Gasteiger partial charge in [0.15, 0.2) is 0 Å². The van der Waals surface area contributed by atoms with Crippen LogP contribution in [0.25, 0.3) is 0 Å². The van der Waals surface area contributed by atoms with Crippen LogP contribution in [0.4, 0.5) is 0 Å². The summed E-state index contributed by atoms with van der Waals surface area (Å²) in [5, 5.41) is 3.01. The number of halogens is 1. The van der Waals surface area contributed by atoms with Crippen LogP contribution in [0.15, 0.2) is 0 Å². The van der Waals surface area contributed by atoms with Gasteiger partial charge in [-0.15, -0.1) is 12.4 Å². The molecule has 0 aliphatic carbocycles. The highest BCUT2D eigenvalue weighted by Crippen LogP contribution is 2.21. The van der Waals surface area contributed by atoms with Gasteiger partial charge in [-0.05, 0) is 38.6 Å². The normalized spacial score (nSPS) is 26.2. The fourth-order valence-corrected chi connectivity index (χ4v) is 2.36. The average Bonchev–Trinajstić information content (AvgIpc) is 2.31. The van der Waals surface area contributed by atoms with Crippen molar-refractivity contribution < 1.29 is 4.79 Å². The zero-order chi connectivity index (χ0) is 12.8. The number of nitrogens with zero attached hydrogens (tertiary/aromatic N) is 1. The van der Waals surface area contributed by atoms with Crippen LogP contribution in [0.1, 0.15) is 40.0 Å². The Balaban J connectivity index is 0.00000289. The van der Waals surface area contributed by atoms with Gasteiger partial charge < -0.3 is 11.1 Å². The van der Waals surface area contributed by atoms with Gasteiger partial charge >= 0.3 is 0 Å². The molecule has 0 radical (unpaired) electrons. The fraction of sp³-hybridized carbons (Fsp3) is 0.923. The van der Waals surface area contributed by atoms with Gasteiger partial charge in [-0.25, -0.2) is 0 Å². The molecule has 1 amide bonds. The Morgan fingerprint density at radius 1 is 1.56 bits per heavy atom. The van der Waals surface area contributed by atoms with Crippen molar-refractivity contribution in [3.05, 3.63) is 0 Å². The van der Waals surface area contributed by atoms with Crippen LogP contribution in [0, 0.1) is 5.92 Å².